The average molecular weight is 297 g/mol. The quantitative estimate of drug-likeness (QED) is 0.623. The lowest BCUT2D eigenvalue weighted by atomic mass is 9.88. The summed E-state index contributed by atoms with van der Waals surface area (Å²) >= 11 is 12.0. The lowest BCUT2D eigenvalue weighted by Crippen LogP contribution is -2.42. The van der Waals surface area contributed by atoms with E-state index in [1.54, 1.807) is 18.2 Å². The van der Waals surface area contributed by atoms with Gasteiger partial charge in [0.05, 0.1) is 6.07 Å². The molecule has 2 amide bonds. The van der Waals surface area contributed by atoms with E-state index in [-0.39, 0.29) is 37.1 Å². The molecule has 1 heterocycles. The minimum Gasteiger partial charge on any atom is -0.274 e. The number of imide groups is 1. The second-order valence-electron chi connectivity index (χ2n) is 4.30. The van der Waals surface area contributed by atoms with Crippen LogP contribution in [0.15, 0.2) is 18.2 Å². The third-order valence-corrected chi connectivity index (χ3v) is 3.65. The summed E-state index contributed by atoms with van der Waals surface area (Å²) in [6.07, 6.45) is 0.320. The first-order chi connectivity index (χ1) is 9.02. The smallest absolute Gasteiger partial charge is 0.230 e. The molecule has 1 aromatic carbocycles. The van der Waals surface area contributed by atoms with Crippen LogP contribution in [-0.2, 0) is 9.59 Å². The number of nitriles is 1. The van der Waals surface area contributed by atoms with Gasteiger partial charge in [-0.3, -0.25) is 14.5 Å². The largest absolute Gasteiger partial charge is 0.274 e. The number of amides is 2. The number of carbonyl (C=O) groups is 2. The van der Waals surface area contributed by atoms with Crippen molar-refractivity contribution < 1.29 is 9.59 Å². The number of piperidine rings is 1. The van der Waals surface area contributed by atoms with Gasteiger partial charge >= 0.3 is 0 Å². The van der Waals surface area contributed by atoms with Crippen LogP contribution in [0.1, 0.15) is 24.3 Å². The van der Waals surface area contributed by atoms with Crippen LogP contribution in [0.5, 0.6) is 0 Å². The Labute approximate surface area is 120 Å². The summed E-state index contributed by atoms with van der Waals surface area (Å²) in [6, 6.07) is 6.79. The van der Waals surface area contributed by atoms with E-state index in [4.69, 9.17) is 28.5 Å². The fourth-order valence-corrected chi connectivity index (χ4v) is 2.60. The maximum atomic E-state index is 11.9. The Hall–Kier alpha value is -1.57. The zero-order valence-corrected chi connectivity index (χ0v) is 11.4. The summed E-state index contributed by atoms with van der Waals surface area (Å²) in [5.41, 5.74) is 0.701. The van der Waals surface area contributed by atoms with Crippen molar-refractivity contribution in [3.8, 4) is 6.07 Å². The van der Waals surface area contributed by atoms with Crippen molar-refractivity contribution in [2.75, 3.05) is 6.54 Å². The summed E-state index contributed by atoms with van der Waals surface area (Å²) in [4.78, 5) is 24.7. The van der Waals surface area contributed by atoms with Crippen molar-refractivity contribution in [3.63, 3.8) is 0 Å². The number of halogens is 2. The molecule has 0 atom stereocenters. The van der Waals surface area contributed by atoms with Gasteiger partial charge in [-0.05, 0) is 23.8 Å². The first-order valence-corrected chi connectivity index (χ1v) is 6.43. The van der Waals surface area contributed by atoms with Crippen molar-refractivity contribution in [1.29, 1.82) is 5.26 Å². The van der Waals surface area contributed by atoms with Crippen LogP contribution >= 0.6 is 23.2 Å². The third-order valence-electron chi connectivity index (χ3n) is 3.07. The van der Waals surface area contributed by atoms with Crippen LogP contribution in [0.4, 0.5) is 0 Å². The van der Waals surface area contributed by atoms with Crippen molar-refractivity contribution in [1.82, 2.24) is 4.90 Å². The van der Waals surface area contributed by atoms with Gasteiger partial charge in [-0.2, -0.15) is 5.26 Å². The first-order valence-electron chi connectivity index (χ1n) is 5.68. The predicted octanol–water partition coefficient (Wildman–Crippen LogP) is 2.75. The van der Waals surface area contributed by atoms with E-state index < -0.39 is 0 Å². The Morgan fingerprint density at radius 3 is 2.47 bits per heavy atom. The molecular weight excluding hydrogens is 287 g/mol. The highest BCUT2D eigenvalue weighted by atomic mass is 35.5. The van der Waals surface area contributed by atoms with E-state index in [0.717, 1.165) is 4.90 Å². The summed E-state index contributed by atoms with van der Waals surface area (Å²) < 4.78 is 0. The fraction of sp³-hybridized carbons (Fsp3) is 0.308. The summed E-state index contributed by atoms with van der Waals surface area (Å²) in [5.74, 6) is -0.973. The summed E-state index contributed by atoms with van der Waals surface area (Å²) in [6.45, 7) is -0.201. The molecule has 1 aliphatic rings. The molecule has 0 aliphatic carbocycles. The monoisotopic (exact) mass is 296 g/mol. The van der Waals surface area contributed by atoms with E-state index in [2.05, 4.69) is 0 Å². The molecule has 0 N–H and O–H groups in total. The molecule has 98 valence electrons. The molecule has 0 bridgehead atoms. The van der Waals surface area contributed by atoms with Gasteiger partial charge in [-0.15, -0.1) is 0 Å². The van der Waals surface area contributed by atoms with Crippen LogP contribution in [0.25, 0.3) is 0 Å². The molecule has 19 heavy (non-hydrogen) atoms. The van der Waals surface area contributed by atoms with Crippen LogP contribution in [-0.4, -0.2) is 23.3 Å². The number of carbonyl (C=O) groups excluding carboxylic acids is 2. The minimum absolute atomic E-state index is 0.160. The molecule has 0 saturated carbocycles. The van der Waals surface area contributed by atoms with Gasteiger partial charge in [0.15, 0.2) is 0 Å². The van der Waals surface area contributed by atoms with E-state index in [1.807, 2.05) is 6.07 Å². The number of nitrogens with zero attached hydrogens (tertiary/aromatic N) is 2. The molecule has 0 radical (unpaired) electrons. The van der Waals surface area contributed by atoms with Crippen molar-refractivity contribution in [3.05, 3.63) is 33.8 Å². The molecule has 1 aromatic rings. The molecule has 0 spiro atoms. The second kappa shape index (κ2) is 5.60. The van der Waals surface area contributed by atoms with Crippen LogP contribution < -0.4 is 0 Å². The highest BCUT2D eigenvalue weighted by Gasteiger charge is 2.33. The number of rotatable bonds is 2. The first kappa shape index (κ1) is 13.9. The molecule has 6 heteroatoms. The Kier molecular flexibility index (Phi) is 4.08. The molecule has 0 aromatic heterocycles. The van der Waals surface area contributed by atoms with E-state index in [1.165, 1.54) is 0 Å². The van der Waals surface area contributed by atoms with Crippen LogP contribution in [0, 0.1) is 11.3 Å². The van der Waals surface area contributed by atoms with Crippen molar-refractivity contribution >= 4 is 35.0 Å². The van der Waals surface area contributed by atoms with Gasteiger partial charge < -0.3 is 0 Å². The van der Waals surface area contributed by atoms with Crippen LogP contribution in [0.3, 0.4) is 0 Å². The lowest BCUT2D eigenvalue weighted by molar-refractivity contribution is -0.147. The second-order valence-corrected chi connectivity index (χ2v) is 5.15. The Morgan fingerprint density at radius 1 is 1.26 bits per heavy atom. The zero-order valence-electron chi connectivity index (χ0n) is 9.90. The van der Waals surface area contributed by atoms with Gasteiger partial charge in [0.1, 0.15) is 6.54 Å². The molecule has 1 aliphatic heterocycles. The lowest BCUT2D eigenvalue weighted by Gasteiger charge is -2.29. The molecule has 2 rings (SSSR count). The van der Waals surface area contributed by atoms with Gasteiger partial charge in [-0.1, -0.05) is 23.2 Å². The molecular formula is C13H10Cl2N2O2. The molecule has 1 fully saturated rings. The van der Waals surface area contributed by atoms with Gasteiger partial charge in [0.2, 0.25) is 11.8 Å². The highest BCUT2D eigenvalue weighted by molar-refractivity contribution is 6.33. The predicted molar refractivity (Wildman–Crippen MR) is 70.8 cm³/mol. The summed E-state index contributed by atoms with van der Waals surface area (Å²) in [7, 11) is 0. The number of likely N-dealkylation sites (tertiary alicyclic amines) is 1. The fourth-order valence-electron chi connectivity index (χ4n) is 2.15. The van der Waals surface area contributed by atoms with E-state index >= 15 is 0 Å². The standard InChI is InChI=1S/C13H10Cl2N2O2/c14-9-1-2-11(15)10(7-9)8-5-12(18)17(4-3-16)13(19)6-8/h1-2,7-8H,4-6H2. The Morgan fingerprint density at radius 2 is 1.89 bits per heavy atom. The number of hydrogen-bond acceptors (Lipinski definition) is 3. The van der Waals surface area contributed by atoms with Gasteiger partial charge in [0.25, 0.3) is 0 Å². The maximum Gasteiger partial charge on any atom is 0.230 e. The normalized spacial score (nSPS) is 16.6. The SMILES string of the molecule is N#CCN1C(=O)CC(c2cc(Cl)ccc2Cl)CC1=O. The Bertz CT molecular complexity index is 562. The molecule has 0 unspecified atom stereocenters. The summed E-state index contributed by atoms with van der Waals surface area (Å²) in [5, 5.41) is 9.59. The van der Waals surface area contributed by atoms with E-state index in [9.17, 15) is 9.59 Å². The number of hydrogen-bond donors (Lipinski definition) is 0. The number of benzene rings is 1. The van der Waals surface area contributed by atoms with Crippen molar-refractivity contribution in [2.24, 2.45) is 0 Å². The Balaban J connectivity index is 2.25. The molecule has 4 nitrogen and oxygen atoms in total. The molecule has 1 saturated heterocycles. The van der Waals surface area contributed by atoms with Crippen LogP contribution in [0.2, 0.25) is 10.0 Å². The van der Waals surface area contributed by atoms with E-state index in [0.29, 0.717) is 15.6 Å². The minimum atomic E-state index is -0.348. The maximum absolute atomic E-state index is 11.9. The zero-order chi connectivity index (χ0) is 14.0. The van der Waals surface area contributed by atoms with Gasteiger partial charge in [0, 0.05) is 28.8 Å². The third kappa shape index (κ3) is 2.89. The highest BCUT2D eigenvalue weighted by Crippen LogP contribution is 2.35. The van der Waals surface area contributed by atoms with Crippen molar-refractivity contribution in [2.45, 2.75) is 18.8 Å². The topological polar surface area (TPSA) is 61.2 Å². The average Bonchev–Trinajstić information content (AvgIpc) is 2.36. The van der Waals surface area contributed by atoms with Gasteiger partial charge in [-0.25, -0.2) is 0 Å².